The molecule has 0 saturated heterocycles. The van der Waals surface area contributed by atoms with Crippen LogP contribution >= 0.6 is 27.5 Å². The summed E-state index contributed by atoms with van der Waals surface area (Å²) in [6.45, 7) is 1.99. The van der Waals surface area contributed by atoms with E-state index in [9.17, 15) is 4.79 Å². The molecule has 0 atom stereocenters. The van der Waals surface area contributed by atoms with Crippen LogP contribution in [0.4, 0.5) is 17.1 Å². The number of methoxy groups -OCH3 is 1. The third kappa shape index (κ3) is 3.49. The van der Waals surface area contributed by atoms with E-state index in [4.69, 9.17) is 22.1 Å². The molecule has 0 fully saturated rings. The van der Waals surface area contributed by atoms with E-state index in [2.05, 4.69) is 21.2 Å². The van der Waals surface area contributed by atoms with E-state index in [0.29, 0.717) is 22.0 Å². The van der Waals surface area contributed by atoms with Gasteiger partial charge in [-0.3, -0.25) is 0 Å². The van der Waals surface area contributed by atoms with Crippen molar-refractivity contribution >= 4 is 50.6 Å². The minimum Gasteiger partial charge on any atom is -0.465 e. The molecule has 3 N–H and O–H groups in total. The Hall–Kier alpha value is -1.72. The lowest BCUT2D eigenvalue weighted by molar-refractivity contribution is 0.0602. The molecule has 6 heteroatoms. The van der Waals surface area contributed by atoms with Gasteiger partial charge in [0.25, 0.3) is 0 Å². The maximum absolute atomic E-state index is 11.9. The van der Waals surface area contributed by atoms with E-state index in [1.54, 1.807) is 6.07 Å². The summed E-state index contributed by atoms with van der Waals surface area (Å²) in [5.74, 6) is -0.502. The third-order valence-electron chi connectivity index (χ3n) is 2.96. The van der Waals surface area contributed by atoms with Crippen LogP contribution in [0.2, 0.25) is 5.02 Å². The molecular weight excluding hydrogens is 356 g/mol. The number of halogens is 2. The highest BCUT2D eigenvalue weighted by Gasteiger charge is 2.16. The Balaban J connectivity index is 2.47. The van der Waals surface area contributed by atoms with E-state index in [-0.39, 0.29) is 0 Å². The highest BCUT2D eigenvalue weighted by Crippen LogP contribution is 2.33. The molecule has 0 unspecified atom stereocenters. The zero-order valence-electron chi connectivity index (χ0n) is 11.5. The molecule has 0 aliphatic carbocycles. The Kier molecular flexibility index (Phi) is 4.75. The summed E-state index contributed by atoms with van der Waals surface area (Å²) in [7, 11) is 1.31. The lowest BCUT2D eigenvalue weighted by Gasteiger charge is -2.14. The topological polar surface area (TPSA) is 64.3 Å². The normalized spacial score (nSPS) is 10.3. The van der Waals surface area contributed by atoms with E-state index in [1.165, 1.54) is 13.2 Å². The molecule has 0 heterocycles. The van der Waals surface area contributed by atoms with Crippen molar-refractivity contribution in [2.75, 3.05) is 18.2 Å². The number of carbonyl (C=O) groups excluding carboxylic acids is 1. The summed E-state index contributed by atoms with van der Waals surface area (Å²) in [5.41, 5.74) is 8.79. The molecule has 21 heavy (non-hydrogen) atoms. The lowest BCUT2D eigenvalue weighted by atomic mass is 10.1. The highest BCUT2D eigenvalue weighted by atomic mass is 79.9. The molecule has 2 aromatic rings. The standard InChI is InChI=1S/C15H14BrClN2O2/c1-8-3-4-10(7-12(8)16)19-14-11(15(20)21-2)5-9(18)6-13(14)17/h3-7,19H,18H2,1-2H3. The van der Waals surface area contributed by atoms with Crippen molar-refractivity contribution < 1.29 is 9.53 Å². The largest absolute Gasteiger partial charge is 0.465 e. The molecule has 0 saturated carbocycles. The minimum atomic E-state index is -0.502. The smallest absolute Gasteiger partial charge is 0.340 e. The monoisotopic (exact) mass is 368 g/mol. The summed E-state index contributed by atoms with van der Waals surface area (Å²) in [5, 5.41) is 3.49. The fourth-order valence-corrected chi connectivity index (χ4v) is 2.49. The van der Waals surface area contributed by atoms with E-state index in [1.807, 2.05) is 25.1 Å². The van der Waals surface area contributed by atoms with Crippen LogP contribution in [0.3, 0.4) is 0 Å². The van der Waals surface area contributed by atoms with Crippen molar-refractivity contribution in [3.8, 4) is 0 Å². The van der Waals surface area contributed by atoms with Crippen LogP contribution in [0.15, 0.2) is 34.8 Å². The van der Waals surface area contributed by atoms with Gasteiger partial charge in [0.05, 0.1) is 23.4 Å². The second-order valence-corrected chi connectivity index (χ2v) is 5.77. The molecule has 2 rings (SSSR count). The molecule has 0 aromatic heterocycles. The number of hydrogen-bond donors (Lipinski definition) is 2. The first-order valence-corrected chi connectivity index (χ1v) is 7.30. The highest BCUT2D eigenvalue weighted by molar-refractivity contribution is 9.10. The zero-order valence-corrected chi connectivity index (χ0v) is 13.9. The van der Waals surface area contributed by atoms with Gasteiger partial charge in [0.1, 0.15) is 0 Å². The number of rotatable bonds is 3. The van der Waals surface area contributed by atoms with Crippen molar-refractivity contribution in [2.24, 2.45) is 0 Å². The van der Waals surface area contributed by atoms with Gasteiger partial charge < -0.3 is 15.8 Å². The first kappa shape index (κ1) is 15.7. The summed E-state index contributed by atoms with van der Waals surface area (Å²) in [6.07, 6.45) is 0. The number of benzene rings is 2. The van der Waals surface area contributed by atoms with Crippen molar-refractivity contribution in [2.45, 2.75) is 6.92 Å². The maximum Gasteiger partial charge on any atom is 0.340 e. The number of esters is 1. The Morgan fingerprint density at radius 2 is 2.05 bits per heavy atom. The molecule has 0 bridgehead atoms. The van der Waals surface area contributed by atoms with Gasteiger partial charge in [-0.2, -0.15) is 0 Å². The fourth-order valence-electron chi connectivity index (χ4n) is 1.84. The van der Waals surface area contributed by atoms with Gasteiger partial charge in [-0.1, -0.05) is 33.6 Å². The van der Waals surface area contributed by atoms with Crippen molar-refractivity contribution in [3.63, 3.8) is 0 Å². The van der Waals surface area contributed by atoms with Gasteiger partial charge in [-0.15, -0.1) is 0 Å². The molecule has 0 aliphatic heterocycles. The molecule has 0 radical (unpaired) electrons. The number of aryl methyl sites for hydroxylation is 1. The minimum absolute atomic E-state index is 0.291. The van der Waals surface area contributed by atoms with Gasteiger partial charge in [0, 0.05) is 15.8 Å². The Morgan fingerprint density at radius 1 is 1.33 bits per heavy atom. The van der Waals surface area contributed by atoms with Gasteiger partial charge in [0.15, 0.2) is 0 Å². The Labute approximate surface area is 136 Å². The predicted molar refractivity (Wildman–Crippen MR) is 89.4 cm³/mol. The molecule has 0 aliphatic rings. The van der Waals surface area contributed by atoms with E-state index < -0.39 is 5.97 Å². The Morgan fingerprint density at radius 3 is 2.67 bits per heavy atom. The lowest BCUT2D eigenvalue weighted by Crippen LogP contribution is -2.07. The second kappa shape index (κ2) is 6.37. The van der Waals surface area contributed by atoms with Crippen LogP contribution in [-0.2, 0) is 4.74 Å². The van der Waals surface area contributed by atoms with Crippen LogP contribution in [0.5, 0.6) is 0 Å². The number of carbonyl (C=O) groups is 1. The van der Waals surface area contributed by atoms with Crippen LogP contribution in [-0.4, -0.2) is 13.1 Å². The van der Waals surface area contributed by atoms with Crippen LogP contribution < -0.4 is 11.1 Å². The van der Waals surface area contributed by atoms with E-state index in [0.717, 1.165) is 15.7 Å². The van der Waals surface area contributed by atoms with Gasteiger partial charge in [-0.05, 0) is 36.8 Å². The Bertz CT molecular complexity index is 704. The summed E-state index contributed by atoms with van der Waals surface area (Å²) in [4.78, 5) is 11.9. The number of nitrogens with two attached hydrogens (primary N) is 1. The van der Waals surface area contributed by atoms with Gasteiger partial charge in [0.2, 0.25) is 0 Å². The van der Waals surface area contributed by atoms with Crippen LogP contribution in [0, 0.1) is 6.92 Å². The summed E-state index contributed by atoms with van der Waals surface area (Å²) < 4.78 is 5.72. The molecule has 110 valence electrons. The summed E-state index contributed by atoms with van der Waals surface area (Å²) in [6, 6.07) is 8.87. The van der Waals surface area contributed by atoms with Crippen LogP contribution in [0.25, 0.3) is 0 Å². The molecule has 2 aromatic carbocycles. The summed E-state index contributed by atoms with van der Waals surface area (Å²) >= 11 is 9.66. The van der Waals surface area contributed by atoms with Gasteiger partial charge >= 0.3 is 5.97 Å². The molecular formula is C15H14BrClN2O2. The number of nitrogens with one attached hydrogen (secondary N) is 1. The average molecular weight is 370 g/mol. The first-order chi connectivity index (χ1) is 9.92. The number of hydrogen-bond acceptors (Lipinski definition) is 4. The fraction of sp³-hybridized carbons (Fsp3) is 0.133. The van der Waals surface area contributed by atoms with Crippen molar-refractivity contribution in [1.29, 1.82) is 0 Å². The maximum atomic E-state index is 11.9. The quantitative estimate of drug-likeness (QED) is 0.616. The number of ether oxygens (including phenoxy) is 1. The third-order valence-corrected chi connectivity index (χ3v) is 4.11. The zero-order chi connectivity index (χ0) is 15.6. The van der Waals surface area contributed by atoms with Gasteiger partial charge in [-0.25, -0.2) is 4.79 Å². The number of nitrogen functional groups attached to an aromatic ring is 1. The predicted octanol–water partition coefficient (Wildman–Crippen LogP) is 4.52. The first-order valence-electron chi connectivity index (χ1n) is 6.13. The molecule has 0 spiro atoms. The van der Waals surface area contributed by atoms with Crippen molar-refractivity contribution in [1.82, 2.24) is 0 Å². The average Bonchev–Trinajstić information content (AvgIpc) is 2.44. The van der Waals surface area contributed by atoms with Crippen LogP contribution in [0.1, 0.15) is 15.9 Å². The molecule has 0 amide bonds. The number of anilines is 3. The van der Waals surface area contributed by atoms with Crippen molar-refractivity contribution in [3.05, 3.63) is 51.0 Å². The van der Waals surface area contributed by atoms with E-state index >= 15 is 0 Å². The second-order valence-electron chi connectivity index (χ2n) is 4.51. The molecule has 4 nitrogen and oxygen atoms in total. The SMILES string of the molecule is COC(=O)c1cc(N)cc(Cl)c1Nc1ccc(C)c(Br)c1.